The fourth-order valence-corrected chi connectivity index (χ4v) is 8.15. The van der Waals surface area contributed by atoms with E-state index in [4.69, 9.17) is 0 Å². The van der Waals surface area contributed by atoms with Crippen molar-refractivity contribution in [1.29, 1.82) is 0 Å². The van der Waals surface area contributed by atoms with Crippen molar-refractivity contribution in [2.45, 2.75) is 66.1 Å². The monoisotopic (exact) mass is 588 g/mol. The van der Waals surface area contributed by atoms with Crippen molar-refractivity contribution in [2.24, 2.45) is 22.7 Å². The molecule has 0 aliphatic heterocycles. The average Bonchev–Trinajstić information content (AvgIpc) is 2.93. The van der Waals surface area contributed by atoms with Crippen molar-refractivity contribution in [3.63, 3.8) is 0 Å². The Labute approximate surface area is 249 Å². The second-order valence-corrected chi connectivity index (χ2v) is 12.9. The maximum absolute atomic E-state index is 14.6. The third-order valence-corrected chi connectivity index (χ3v) is 10.4. The Morgan fingerprint density at radius 2 is 1.58 bits per heavy atom. The minimum atomic E-state index is -2.95. The molecule has 5 N–H and O–H groups in total. The quantitative estimate of drug-likeness (QED) is 0.253. The number of hydrogen-bond acceptors (Lipinski definition) is 9. The molecule has 0 radical (unpaired) electrons. The van der Waals surface area contributed by atoms with Gasteiger partial charge in [-0.2, -0.15) is 0 Å². The predicted octanol–water partition coefficient (Wildman–Crippen LogP) is 4.59. The summed E-state index contributed by atoms with van der Waals surface area (Å²) in [7, 11) is 0. The minimum absolute atomic E-state index is 0.0963. The zero-order valence-electron chi connectivity index (χ0n) is 25.1. The molecular formula is C34H36O9. The molecule has 0 heterocycles. The van der Waals surface area contributed by atoms with Gasteiger partial charge in [0.25, 0.3) is 0 Å². The number of carbonyl (C=O) groups excluding carboxylic acids is 4. The Bertz CT molecular complexity index is 1710. The molecule has 0 aromatic heterocycles. The molecule has 1 fully saturated rings. The summed E-state index contributed by atoms with van der Waals surface area (Å²) in [6.07, 6.45) is -1.73. The van der Waals surface area contributed by atoms with E-state index in [0.717, 1.165) is 6.92 Å². The molecule has 2 aromatic rings. The van der Waals surface area contributed by atoms with Crippen LogP contribution in [0.5, 0.6) is 5.75 Å². The van der Waals surface area contributed by atoms with Gasteiger partial charge in [0.1, 0.15) is 22.8 Å². The van der Waals surface area contributed by atoms with Crippen LogP contribution in [0.15, 0.2) is 53.3 Å². The van der Waals surface area contributed by atoms with Gasteiger partial charge in [-0.25, -0.2) is 0 Å². The largest absolute Gasteiger partial charge is 0.508 e. The number of Topliss-reactive ketones (excluding diaryl/α,β-unsaturated/α-hetero) is 4. The van der Waals surface area contributed by atoms with E-state index in [2.05, 4.69) is 0 Å². The second kappa shape index (κ2) is 9.46. The summed E-state index contributed by atoms with van der Waals surface area (Å²) < 4.78 is 0. The Morgan fingerprint density at radius 1 is 0.953 bits per heavy atom. The van der Waals surface area contributed by atoms with Crippen molar-refractivity contribution in [3.05, 3.63) is 70.0 Å². The topological polar surface area (TPSA) is 169 Å². The maximum Gasteiger partial charge on any atom is 0.203 e. The van der Waals surface area contributed by atoms with E-state index in [1.807, 2.05) is 0 Å². The zero-order chi connectivity index (χ0) is 32.1. The number of benzene rings is 2. The highest BCUT2D eigenvalue weighted by atomic mass is 16.4. The fraction of sp³-hybridized carbons (Fsp3) is 0.412. The van der Waals surface area contributed by atoms with E-state index in [1.165, 1.54) is 19.9 Å². The molecule has 43 heavy (non-hydrogen) atoms. The van der Waals surface area contributed by atoms with Gasteiger partial charge in [-0.05, 0) is 54.5 Å². The number of aliphatic hydroxyl groups is 4. The van der Waals surface area contributed by atoms with E-state index >= 15 is 0 Å². The van der Waals surface area contributed by atoms with E-state index < -0.39 is 80.3 Å². The van der Waals surface area contributed by atoms with Crippen LogP contribution in [0.3, 0.4) is 0 Å². The Kier molecular flexibility index (Phi) is 6.68. The molecule has 0 spiro atoms. The number of hydrogen-bond donors (Lipinski definition) is 5. The lowest BCUT2D eigenvalue weighted by Crippen LogP contribution is -2.75. The summed E-state index contributed by atoms with van der Waals surface area (Å²) in [5, 5.41) is 58.8. The van der Waals surface area contributed by atoms with Crippen LogP contribution >= 0.6 is 0 Å². The molecule has 9 heteroatoms. The van der Waals surface area contributed by atoms with Gasteiger partial charge in [0.2, 0.25) is 5.78 Å². The Balaban J connectivity index is 1.90. The van der Waals surface area contributed by atoms with E-state index in [9.17, 15) is 44.7 Å². The van der Waals surface area contributed by atoms with Crippen molar-refractivity contribution < 1.29 is 44.7 Å². The summed E-state index contributed by atoms with van der Waals surface area (Å²) in [6.45, 7) is 10.4. The van der Waals surface area contributed by atoms with Gasteiger partial charge in [0.05, 0.1) is 17.2 Å². The number of rotatable bonds is 4. The van der Waals surface area contributed by atoms with Crippen LogP contribution in [0.25, 0.3) is 16.9 Å². The first kappa shape index (κ1) is 30.4. The van der Waals surface area contributed by atoms with Gasteiger partial charge >= 0.3 is 0 Å². The lowest BCUT2D eigenvalue weighted by atomic mass is 9.40. The number of phenolic OH excluding ortho intramolecular Hbond substituents is 1. The number of aromatic hydroxyl groups is 1. The van der Waals surface area contributed by atoms with Crippen LogP contribution < -0.4 is 0 Å². The molecule has 6 atom stereocenters. The van der Waals surface area contributed by atoms with Crippen molar-refractivity contribution in [1.82, 2.24) is 0 Å². The van der Waals surface area contributed by atoms with E-state index in [1.54, 1.807) is 58.0 Å². The van der Waals surface area contributed by atoms with E-state index in [-0.39, 0.29) is 17.1 Å². The summed E-state index contributed by atoms with van der Waals surface area (Å²) in [5.74, 6) is -7.88. The highest BCUT2D eigenvalue weighted by Crippen LogP contribution is 2.68. The van der Waals surface area contributed by atoms with Gasteiger partial charge in [-0.3, -0.25) is 19.2 Å². The van der Waals surface area contributed by atoms with Crippen molar-refractivity contribution in [3.8, 4) is 16.9 Å². The molecule has 3 aliphatic rings. The molecule has 3 aliphatic carbocycles. The number of aliphatic hydroxyl groups excluding tert-OH is 3. The molecule has 5 rings (SSSR count). The highest BCUT2D eigenvalue weighted by molar-refractivity contribution is 6.24. The lowest BCUT2D eigenvalue weighted by molar-refractivity contribution is -0.215. The fourth-order valence-electron chi connectivity index (χ4n) is 8.15. The van der Waals surface area contributed by atoms with Gasteiger partial charge < -0.3 is 25.5 Å². The lowest BCUT2D eigenvalue weighted by Gasteiger charge is -2.63. The third-order valence-electron chi connectivity index (χ3n) is 10.4. The van der Waals surface area contributed by atoms with Crippen molar-refractivity contribution >= 4 is 28.9 Å². The summed E-state index contributed by atoms with van der Waals surface area (Å²) in [5.41, 5.74) is -5.94. The van der Waals surface area contributed by atoms with Crippen molar-refractivity contribution in [2.75, 3.05) is 0 Å². The van der Waals surface area contributed by atoms with Crippen LogP contribution in [-0.4, -0.2) is 60.4 Å². The molecule has 0 amide bonds. The van der Waals surface area contributed by atoms with Crippen LogP contribution in [0.1, 0.15) is 75.9 Å². The van der Waals surface area contributed by atoms with E-state index in [0.29, 0.717) is 22.3 Å². The molecule has 1 saturated carbocycles. The average molecular weight is 589 g/mol. The Morgan fingerprint density at radius 3 is 2.14 bits per heavy atom. The van der Waals surface area contributed by atoms with Crippen LogP contribution in [-0.2, 0) is 14.4 Å². The zero-order valence-corrected chi connectivity index (χ0v) is 25.1. The van der Waals surface area contributed by atoms with Gasteiger partial charge in [0, 0.05) is 22.3 Å². The maximum atomic E-state index is 14.6. The molecular weight excluding hydrogens is 552 g/mol. The highest BCUT2D eigenvalue weighted by Gasteiger charge is 2.77. The number of allylic oxidation sites excluding steroid dienone is 1. The normalized spacial score (nSPS) is 32.0. The number of phenols is 1. The molecule has 0 saturated heterocycles. The minimum Gasteiger partial charge on any atom is -0.508 e. The standard InChI is InChI=1S/C34H36O9/c1-14(2)25-27(38)23(17(5)36)29(40)34(43)30(41)26-28(39)24-21(37)12-11-20(19-10-8-9-18(13-19)16(4)35)22(24)15(3)32(26,6)31(42)33(25,34)7/h8-15,25,31,37,39-40,42-43H,1-7H3/t15-,25?,31-,32+,33+,34+/m1/s1. The van der Waals surface area contributed by atoms with Gasteiger partial charge in [-0.1, -0.05) is 58.9 Å². The molecule has 0 bridgehead atoms. The first-order valence-electron chi connectivity index (χ1n) is 14.2. The Hall–Kier alpha value is -4.08. The molecule has 226 valence electrons. The van der Waals surface area contributed by atoms with Crippen LogP contribution in [0, 0.1) is 22.7 Å². The van der Waals surface area contributed by atoms with Gasteiger partial charge in [-0.15, -0.1) is 0 Å². The predicted molar refractivity (Wildman–Crippen MR) is 157 cm³/mol. The van der Waals surface area contributed by atoms with Gasteiger partial charge in [0.15, 0.2) is 23.0 Å². The molecule has 9 nitrogen and oxygen atoms in total. The number of ketones is 4. The second-order valence-electron chi connectivity index (χ2n) is 12.9. The molecule has 2 aromatic carbocycles. The SMILES string of the molecule is CC(=O)C1=C(O)[C@]2(O)C(=O)C3=C(O)c4c(O)ccc(-c5cccc(C(C)=O)c5)c4[C@@H](C)[C@]3(C)[C@@H](O)[C@]2(C)C(C(C)C)C1=O. The summed E-state index contributed by atoms with van der Waals surface area (Å²) >= 11 is 0. The number of carbonyl (C=O) groups is 4. The number of fused-ring (bicyclic) bond motifs is 3. The van der Waals surface area contributed by atoms with Crippen LogP contribution in [0.2, 0.25) is 0 Å². The molecule has 1 unspecified atom stereocenters. The van der Waals surface area contributed by atoms with Crippen LogP contribution in [0.4, 0.5) is 0 Å². The summed E-state index contributed by atoms with van der Waals surface area (Å²) in [4.78, 5) is 53.0. The first-order chi connectivity index (χ1) is 19.9. The third kappa shape index (κ3) is 3.52. The smallest absolute Gasteiger partial charge is 0.203 e. The first-order valence-corrected chi connectivity index (χ1v) is 14.2. The summed E-state index contributed by atoms with van der Waals surface area (Å²) in [6, 6.07) is 9.74.